The average Bonchev–Trinajstić information content (AvgIpc) is 2.83. The molecule has 1 fully saturated rings. The topological polar surface area (TPSA) is 59.5 Å². The molecule has 4 heteroatoms. The fourth-order valence-corrected chi connectivity index (χ4v) is 2.23. The molecule has 1 aromatic heterocycles. The molecule has 0 bridgehead atoms. The Morgan fingerprint density at radius 2 is 2.44 bits per heavy atom. The van der Waals surface area contributed by atoms with E-state index in [1.165, 1.54) is 12.7 Å². The molecular weight excluding hydrogens is 204 g/mol. The Morgan fingerprint density at radius 3 is 3.12 bits per heavy atom. The smallest absolute Gasteiger partial charge is 0.211 e. The minimum absolute atomic E-state index is 0.0466. The van der Waals surface area contributed by atoms with Gasteiger partial charge in [0, 0.05) is 12.6 Å². The summed E-state index contributed by atoms with van der Waals surface area (Å²) in [6.07, 6.45) is 5.00. The van der Waals surface area contributed by atoms with Crippen LogP contribution < -0.4 is 5.73 Å². The van der Waals surface area contributed by atoms with E-state index in [1.54, 1.807) is 12.1 Å². The van der Waals surface area contributed by atoms with Gasteiger partial charge in [0.2, 0.25) is 5.78 Å². The van der Waals surface area contributed by atoms with Crippen molar-refractivity contribution in [3.05, 3.63) is 24.2 Å². The molecule has 0 amide bonds. The van der Waals surface area contributed by atoms with E-state index in [-0.39, 0.29) is 5.78 Å². The molecule has 2 N–H and O–H groups in total. The van der Waals surface area contributed by atoms with Crippen LogP contribution in [-0.4, -0.2) is 36.4 Å². The third-order valence-electron chi connectivity index (χ3n) is 3.16. The average molecular weight is 222 g/mol. The second kappa shape index (κ2) is 5.27. The number of carbonyl (C=O) groups is 1. The lowest BCUT2D eigenvalue weighted by molar-refractivity contribution is 0.0825. The molecule has 0 aliphatic carbocycles. The second-order valence-corrected chi connectivity index (χ2v) is 4.26. The zero-order valence-corrected chi connectivity index (χ0v) is 9.39. The summed E-state index contributed by atoms with van der Waals surface area (Å²) in [5.41, 5.74) is 5.71. The van der Waals surface area contributed by atoms with Crippen molar-refractivity contribution in [2.75, 3.05) is 19.6 Å². The van der Waals surface area contributed by atoms with Gasteiger partial charge in [0.1, 0.15) is 0 Å². The molecule has 0 radical (unpaired) electrons. The van der Waals surface area contributed by atoms with E-state index in [0.717, 1.165) is 19.4 Å². The molecule has 1 aliphatic heterocycles. The lowest BCUT2D eigenvalue weighted by atomic mass is 10.0. The molecule has 2 heterocycles. The Hall–Kier alpha value is -1.13. The summed E-state index contributed by atoms with van der Waals surface area (Å²) in [6, 6.07) is 3.81. The lowest BCUT2D eigenvalue weighted by Gasteiger charge is -2.34. The molecule has 16 heavy (non-hydrogen) atoms. The van der Waals surface area contributed by atoms with Crippen molar-refractivity contribution in [2.45, 2.75) is 25.3 Å². The van der Waals surface area contributed by atoms with E-state index in [4.69, 9.17) is 10.2 Å². The Kier molecular flexibility index (Phi) is 3.74. The van der Waals surface area contributed by atoms with Crippen molar-refractivity contribution in [3.8, 4) is 0 Å². The van der Waals surface area contributed by atoms with Crippen LogP contribution in [0.3, 0.4) is 0 Å². The van der Waals surface area contributed by atoms with E-state index < -0.39 is 0 Å². The first-order valence-corrected chi connectivity index (χ1v) is 5.82. The van der Waals surface area contributed by atoms with Crippen LogP contribution in [0.15, 0.2) is 22.8 Å². The van der Waals surface area contributed by atoms with Gasteiger partial charge in [0.25, 0.3) is 0 Å². The lowest BCUT2D eigenvalue weighted by Crippen LogP contribution is -2.46. The molecular formula is C12H18N2O2. The number of hydrogen-bond acceptors (Lipinski definition) is 4. The maximum absolute atomic E-state index is 11.9. The van der Waals surface area contributed by atoms with Gasteiger partial charge in [-0.25, -0.2) is 0 Å². The number of ketones is 1. The molecule has 0 unspecified atom stereocenters. The zero-order chi connectivity index (χ0) is 11.4. The van der Waals surface area contributed by atoms with E-state index >= 15 is 0 Å². The molecule has 2 rings (SSSR count). The third kappa shape index (κ3) is 2.51. The first kappa shape index (κ1) is 11.4. The van der Waals surface area contributed by atoms with E-state index in [0.29, 0.717) is 24.9 Å². The van der Waals surface area contributed by atoms with Gasteiger partial charge in [0.05, 0.1) is 12.8 Å². The minimum atomic E-state index is 0.0466. The van der Waals surface area contributed by atoms with Gasteiger partial charge in [0.15, 0.2) is 5.76 Å². The molecule has 1 aromatic rings. The maximum atomic E-state index is 11.9. The van der Waals surface area contributed by atoms with Crippen LogP contribution in [0.25, 0.3) is 0 Å². The molecule has 1 aliphatic rings. The Labute approximate surface area is 95.4 Å². The number of rotatable bonds is 4. The van der Waals surface area contributed by atoms with E-state index in [9.17, 15) is 4.79 Å². The van der Waals surface area contributed by atoms with Crippen LogP contribution in [0.5, 0.6) is 0 Å². The van der Waals surface area contributed by atoms with E-state index in [1.807, 2.05) is 0 Å². The largest absolute Gasteiger partial charge is 0.461 e. The Bertz CT molecular complexity index is 335. The number of nitrogens with zero attached hydrogens (tertiary/aromatic N) is 1. The summed E-state index contributed by atoms with van der Waals surface area (Å²) in [7, 11) is 0. The molecule has 4 nitrogen and oxygen atoms in total. The predicted octanol–water partition coefficient (Wildman–Crippen LogP) is 1.28. The van der Waals surface area contributed by atoms with Crippen LogP contribution in [0.4, 0.5) is 0 Å². The van der Waals surface area contributed by atoms with E-state index in [2.05, 4.69) is 4.90 Å². The second-order valence-electron chi connectivity index (χ2n) is 4.26. The fourth-order valence-electron chi connectivity index (χ4n) is 2.23. The number of furan rings is 1. The monoisotopic (exact) mass is 222 g/mol. The van der Waals surface area contributed by atoms with Crippen molar-refractivity contribution < 1.29 is 9.21 Å². The van der Waals surface area contributed by atoms with Gasteiger partial charge in [-0.3, -0.25) is 9.69 Å². The summed E-state index contributed by atoms with van der Waals surface area (Å²) in [5, 5.41) is 0. The van der Waals surface area contributed by atoms with Crippen LogP contribution in [-0.2, 0) is 0 Å². The first-order valence-electron chi connectivity index (χ1n) is 5.82. The third-order valence-corrected chi connectivity index (χ3v) is 3.16. The SMILES string of the molecule is NC[C@@H]1CCCCN1CC(=O)c1ccco1. The molecule has 1 saturated heterocycles. The van der Waals surface area contributed by atoms with Gasteiger partial charge in [-0.15, -0.1) is 0 Å². The molecule has 0 spiro atoms. The van der Waals surface area contributed by atoms with Crippen LogP contribution in [0.2, 0.25) is 0 Å². The van der Waals surface area contributed by atoms with Crippen LogP contribution >= 0.6 is 0 Å². The summed E-state index contributed by atoms with van der Waals surface area (Å²) in [5.74, 6) is 0.492. The molecule has 1 atom stereocenters. The molecule has 0 saturated carbocycles. The number of likely N-dealkylation sites (tertiary alicyclic amines) is 1. The van der Waals surface area contributed by atoms with Gasteiger partial charge in [-0.05, 0) is 31.5 Å². The Balaban J connectivity index is 1.95. The predicted molar refractivity (Wildman–Crippen MR) is 61.3 cm³/mol. The normalized spacial score (nSPS) is 22.2. The van der Waals surface area contributed by atoms with Crippen molar-refractivity contribution in [3.63, 3.8) is 0 Å². The first-order chi connectivity index (χ1) is 7.81. The summed E-state index contributed by atoms with van der Waals surface area (Å²) >= 11 is 0. The van der Waals surface area contributed by atoms with Crippen molar-refractivity contribution >= 4 is 5.78 Å². The van der Waals surface area contributed by atoms with Crippen LogP contribution in [0.1, 0.15) is 29.8 Å². The standard InChI is InChI=1S/C12H18N2O2/c13-8-10-4-1-2-6-14(10)9-11(15)12-5-3-7-16-12/h3,5,7,10H,1-2,4,6,8-9,13H2/t10-/m0/s1. The van der Waals surface area contributed by atoms with Gasteiger partial charge >= 0.3 is 0 Å². The van der Waals surface area contributed by atoms with Crippen molar-refractivity contribution in [1.29, 1.82) is 0 Å². The number of hydrogen-bond donors (Lipinski definition) is 1. The number of piperidine rings is 1. The highest BCUT2D eigenvalue weighted by Crippen LogP contribution is 2.16. The zero-order valence-electron chi connectivity index (χ0n) is 9.39. The number of Topliss-reactive ketones (excluding diaryl/α,β-unsaturated/α-hetero) is 1. The van der Waals surface area contributed by atoms with Gasteiger partial charge in [-0.2, -0.15) is 0 Å². The molecule has 0 aromatic carbocycles. The summed E-state index contributed by atoms with van der Waals surface area (Å²) < 4.78 is 5.10. The highest BCUT2D eigenvalue weighted by molar-refractivity contribution is 5.95. The summed E-state index contributed by atoms with van der Waals surface area (Å²) in [4.78, 5) is 14.0. The highest BCUT2D eigenvalue weighted by Gasteiger charge is 2.24. The highest BCUT2D eigenvalue weighted by atomic mass is 16.3. The van der Waals surface area contributed by atoms with Crippen molar-refractivity contribution in [2.24, 2.45) is 5.73 Å². The van der Waals surface area contributed by atoms with Gasteiger partial charge < -0.3 is 10.2 Å². The number of nitrogens with two attached hydrogens (primary N) is 1. The minimum Gasteiger partial charge on any atom is -0.461 e. The quantitative estimate of drug-likeness (QED) is 0.779. The van der Waals surface area contributed by atoms with Crippen molar-refractivity contribution in [1.82, 2.24) is 4.90 Å². The van der Waals surface area contributed by atoms with Gasteiger partial charge in [-0.1, -0.05) is 6.42 Å². The Morgan fingerprint density at radius 1 is 1.56 bits per heavy atom. The molecule has 88 valence electrons. The van der Waals surface area contributed by atoms with Crippen LogP contribution in [0, 0.1) is 0 Å². The summed E-state index contributed by atoms with van der Waals surface area (Å²) in [6.45, 7) is 2.02. The fraction of sp³-hybridized carbons (Fsp3) is 0.583. The maximum Gasteiger partial charge on any atom is 0.211 e. The number of carbonyl (C=O) groups excluding carboxylic acids is 1.